The molecule has 3 rings (SSSR count). The number of likely N-dealkylation sites (N-methyl/N-ethyl adjacent to an activating group) is 1. The molecule has 0 atom stereocenters. The summed E-state index contributed by atoms with van der Waals surface area (Å²) in [5.41, 5.74) is 1.71. The van der Waals surface area contributed by atoms with Crippen LogP contribution in [0, 0.1) is 0 Å². The van der Waals surface area contributed by atoms with Crippen LogP contribution in [0.3, 0.4) is 0 Å². The summed E-state index contributed by atoms with van der Waals surface area (Å²) >= 11 is 1.56. The molecule has 0 aliphatic carbocycles. The standard InChI is InChI=1S/C20H21N3O3S/c1-23(11-12-26-18-8-6-17(25-2)7-9-18)20(24)22-16-5-3-4-15(14-16)19-21-10-13-27-19/h3-10,13-14H,11-12H2,1-2H3,(H,22,24). The lowest BCUT2D eigenvalue weighted by Crippen LogP contribution is -2.34. The number of hydrogen-bond donors (Lipinski definition) is 1. The molecule has 1 N–H and O–H groups in total. The second kappa shape index (κ2) is 9.05. The highest BCUT2D eigenvalue weighted by Crippen LogP contribution is 2.24. The van der Waals surface area contributed by atoms with Gasteiger partial charge in [-0.2, -0.15) is 0 Å². The summed E-state index contributed by atoms with van der Waals surface area (Å²) in [6.45, 7) is 0.861. The van der Waals surface area contributed by atoms with E-state index >= 15 is 0 Å². The minimum absolute atomic E-state index is 0.190. The first kappa shape index (κ1) is 18.7. The number of nitrogens with one attached hydrogen (secondary N) is 1. The maximum absolute atomic E-state index is 12.4. The summed E-state index contributed by atoms with van der Waals surface area (Å²) < 4.78 is 10.8. The van der Waals surface area contributed by atoms with Gasteiger partial charge in [0.15, 0.2) is 0 Å². The molecule has 6 nitrogen and oxygen atoms in total. The van der Waals surface area contributed by atoms with Crippen LogP contribution in [0.1, 0.15) is 0 Å². The normalized spacial score (nSPS) is 10.3. The maximum Gasteiger partial charge on any atom is 0.321 e. The second-order valence-electron chi connectivity index (χ2n) is 5.79. The molecule has 0 saturated heterocycles. The molecule has 27 heavy (non-hydrogen) atoms. The minimum Gasteiger partial charge on any atom is -0.497 e. The van der Waals surface area contributed by atoms with Crippen molar-refractivity contribution in [3.05, 3.63) is 60.1 Å². The van der Waals surface area contributed by atoms with Crippen LogP contribution in [0.5, 0.6) is 11.5 Å². The van der Waals surface area contributed by atoms with E-state index in [2.05, 4.69) is 10.3 Å². The number of thiazole rings is 1. The zero-order chi connectivity index (χ0) is 19.1. The van der Waals surface area contributed by atoms with E-state index in [4.69, 9.17) is 9.47 Å². The molecule has 140 valence electrons. The molecule has 0 radical (unpaired) electrons. The number of benzene rings is 2. The Kier molecular flexibility index (Phi) is 6.27. The Morgan fingerprint density at radius 1 is 1.19 bits per heavy atom. The second-order valence-corrected chi connectivity index (χ2v) is 6.69. The van der Waals surface area contributed by atoms with Crippen molar-refractivity contribution in [3.8, 4) is 22.1 Å². The summed E-state index contributed by atoms with van der Waals surface area (Å²) in [6, 6.07) is 14.8. The fraction of sp³-hybridized carbons (Fsp3) is 0.200. The summed E-state index contributed by atoms with van der Waals surface area (Å²) in [5.74, 6) is 1.51. The van der Waals surface area contributed by atoms with Crippen molar-refractivity contribution in [2.24, 2.45) is 0 Å². The number of carbonyl (C=O) groups excluding carboxylic acids is 1. The van der Waals surface area contributed by atoms with Crippen LogP contribution in [0.4, 0.5) is 10.5 Å². The Labute approximate surface area is 162 Å². The third-order valence-corrected chi connectivity index (χ3v) is 4.72. The van der Waals surface area contributed by atoms with Crippen LogP contribution < -0.4 is 14.8 Å². The highest BCUT2D eigenvalue weighted by molar-refractivity contribution is 7.13. The smallest absolute Gasteiger partial charge is 0.321 e. The molecule has 0 aliphatic rings. The topological polar surface area (TPSA) is 63.7 Å². The first-order valence-corrected chi connectivity index (χ1v) is 9.32. The number of carbonyl (C=O) groups is 1. The Hall–Kier alpha value is -3.06. The molecule has 0 spiro atoms. The summed E-state index contributed by atoms with van der Waals surface area (Å²) in [5, 5.41) is 5.75. The quantitative estimate of drug-likeness (QED) is 0.658. The molecule has 2 amide bonds. The number of hydrogen-bond acceptors (Lipinski definition) is 5. The molecule has 7 heteroatoms. The highest BCUT2D eigenvalue weighted by atomic mass is 32.1. The first-order chi connectivity index (χ1) is 13.2. The predicted octanol–water partition coefficient (Wildman–Crippen LogP) is 4.36. The summed E-state index contributed by atoms with van der Waals surface area (Å²) in [4.78, 5) is 18.2. The fourth-order valence-corrected chi connectivity index (χ4v) is 3.02. The molecule has 0 bridgehead atoms. The van der Waals surface area contributed by atoms with E-state index in [-0.39, 0.29) is 6.03 Å². The zero-order valence-corrected chi connectivity index (χ0v) is 16.0. The molecule has 0 unspecified atom stereocenters. The Bertz CT molecular complexity index is 866. The number of aromatic nitrogens is 1. The van der Waals surface area contributed by atoms with Gasteiger partial charge in [0.2, 0.25) is 0 Å². The van der Waals surface area contributed by atoms with Crippen molar-refractivity contribution in [1.29, 1.82) is 0 Å². The van der Waals surface area contributed by atoms with Crippen molar-refractivity contribution >= 4 is 23.1 Å². The van der Waals surface area contributed by atoms with Crippen molar-refractivity contribution in [2.45, 2.75) is 0 Å². The van der Waals surface area contributed by atoms with Crippen LogP contribution in [0.2, 0.25) is 0 Å². The lowest BCUT2D eigenvalue weighted by Gasteiger charge is -2.18. The van der Waals surface area contributed by atoms with E-state index in [1.807, 2.05) is 53.9 Å². The average molecular weight is 383 g/mol. The lowest BCUT2D eigenvalue weighted by atomic mass is 10.2. The van der Waals surface area contributed by atoms with Crippen molar-refractivity contribution in [2.75, 3.05) is 32.6 Å². The molecule has 0 saturated carbocycles. The van der Waals surface area contributed by atoms with Crippen LogP contribution >= 0.6 is 11.3 Å². The molecule has 0 aliphatic heterocycles. The van der Waals surface area contributed by atoms with E-state index in [0.29, 0.717) is 13.2 Å². The predicted molar refractivity (Wildman–Crippen MR) is 108 cm³/mol. The van der Waals surface area contributed by atoms with Gasteiger partial charge in [0.05, 0.1) is 13.7 Å². The van der Waals surface area contributed by atoms with Gasteiger partial charge in [-0.05, 0) is 36.4 Å². The zero-order valence-electron chi connectivity index (χ0n) is 15.2. The number of amides is 2. The van der Waals surface area contributed by atoms with Gasteiger partial charge in [0.1, 0.15) is 23.1 Å². The largest absolute Gasteiger partial charge is 0.497 e. The Morgan fingerprint density at radius 2 is 1.96 bits per heavy atom. The maximum atomic E-state index is 12.4. The van der Waals surface area contributed by atoms with Gasteiger partial charge in [-0.1, -0.05) is 12.1 Å². The minimum atomic E-state index is -0.190. The van der Waals surface area contributed by atoms with Gasteiger partial charge in [-0.25, -0.2) is 9.78 Å². The molecule has 2 aromatic carbocycles. The van der Waals surface area contributed by atoms with Gasteiger partial charge in [0, 0.05) is 29.9 Å². The van der Waals surface area contributed by atoms with Gasteiger partial charge < -0.3 is 19.7 Å². The highest BCUT2D eigenvalue weighted by Gasteiger charge is 2.10. The van der Waals surface area contributed by atoms with Crippen LogP contribution in [0.15, 0.2) is 60.1 Å². The Balaban J connectivity index is 1.49. The third-order valence-electron chi connectivity index (χ3n) is 3.89. The molecular formula is C20H21N3O3S. The Morgan fingerprint density at radius 3 is 2.67 bits per heavy atom. The summed E-state index contributed by atoms with van der Waals surface area (Å²) in [7, 11) is 3.35. The van der Waals surface area contributed by atoms with E-state index in [9.17, 15) is 4.79 Å². The van der Waals surface area contributed by atoms with Gasteiger partial charge in [-0.15, -0.1) is 11.3 Å². The van der Waals surface area contributed by atoms with E-state index in [1.54, 1.807) is 36.6 Å². The lowest BCUT2D eigenvalue weighted by molar-refractivity contribution is 0.207. The van der Waals surface area contributed by atoms with Crippen molar-refractivity contribution in [1.82, 2.24) is 9.88 Å². The van der Waals surface area contributed by atoms with Crippen LogP contribution in [0.25, 0.3) is 10.6 Å². The number of methoxy groups -OCH3 is 1. The van der Waals surface area contributed by atoms with Crippen LogP contribution in [-0.4, -0.2) is 43.2 Å². The molecule has 1 aromatic heterocycles. The summed E-state index contributed by atoms with van der Waals surface area (Å²) in [6.07, 6.45) is 1.77. The van der Waals surface area contributed by atoms with E-state index in [1.165, 1.54) is 0 Å². The van der Waals surface area contributed by atoms with E-state index in [0.717, 1.165) is 27.8 Å². The van der Waals surface area contributed by atoms with Gasteiger partial charge in [0.25, 0.3) is 0 Å². The average Bonchev–Trinajstić information content (AvgIpc) is 3.23. The number of nitrogens with zero attached hydrogens (tertiary/aromatic N) is 2. The number of anilines is 1. The fourth-order valence-electron chi connectivity index (χ4n) is 2.39. The number of urea groups is 1. The number of rotatable bonds is 7. The first-order valence-electron chi connectivity index (χ1n) is 8.44. The van der Waals surface area contributed by atoms with Gasteiger partial charge in [-0.3, -0.25) is 0 Å². The van der Waals surface area contributed by atoms with Crippen molar-refractivity contribution < 1.29 is 14.3 Å². The molecule has 3 aromatic rings. The van der Waals surface area contributed by atoms with Gasteiger partial charge >= 0.3 is 6.03 Å². The third kappa shape index (κ3) is 5.21. The van der Waals surface area contributed by atoms with Crippen molar-refractivity contribution in [3.63, 3.8) is 0 Å². The number of ether oxygens (including phenoxy) is 2. The van der Waals surface area contributed by atoms with E-state index < -0.39 is 0 Å². The monoisotopic (exact) mass is 383 g/mol. The molecule has 0 fully saturated rings. The van der Waals surface area contributed by atoms with Crippen LogP contribution in [-0.2, 0) is 0 Å². The molecular weight excluding hydrogens is 362 g/mol. The molecule has 1 heterocycles. The SMILES string of the molecule is COc1ccc(OCCN(C)C(=O)Nc2cccc(-c3nccs3)c2)cc1.